The van der Waals surface area contributed by atoms with Crippen molar-refractivity contribution in [1.29, 1.82) is 0 Å². The maximum Gasteiger partial charge on any atom is 0.223 e. The second kappa shape index (κ2) is 7.07. The van der Waals surface area contributed by atoms with E-state index in [2.05, 4.69) is 22.3 Å². The summed E-state index contributed by atoms with van der Waals surface area (Å²) in [5.74, 6) is 0.417. The molecule has 6 nitrogen and oxygen atoms in total. The Morgan fingerprint density at radius 3 is 2.71 bits per heavy atom. The van der Waals surface area contributed by atoms with Crippen LogP contribution in [0.3, 0.4) is 0 Å². The van der Waals surface area contributed by atoms with Gasteiger partial charge in [0.2, 0.25) is 15.9 Å². The number of amides is 1. The molecule has 0 bridgehead atoms. The van der Waals surface area contributed by atoms with Gasteiger partial charge in [-0.05, 0) is 45.1 Å². The highest BCUT2D eigenvalue weighted by Gasteiger charge is 2.31. The lowest BCUT2D eigenvalue weighted by Crippen LogP contribution is -2.45. The topological polar surface area (TPSA) is 87.3 Å². The van der Waals surface area contributed by atoms with Gasteiger partial charge in [-0.15, -0.1) is 0 Å². The SMILES string of the molecule is C[C@H]1C[C@@H](C(=O)NCC2CCCC2NS(C)(=O)=O)CCN1. The first-order valence-electron chi connectivity index (χ1n) is 7.83. The molecule has 2 unspecified atom stereocenters. The minimum absolute atomic E-state index is 0.0350. The van der Waals surface area contributed by atoms with Crippen molar-refractivity contribution >= 4 is 15.9 Å². The molecule has 3 N–H and O–H groups in total. The molecule has 1 amide bonds. The molecule has 1 aliphatic heterocycles. The normalized spacial score (nSPS) is 33.8. The predicted octanol–water partition coefficient (Wildman–Crippen LogP) is 0.209. The molecular formula is C14H27N3O3S. The van der Waals surface area contributed by atoms with E-state index >= 15 is 0 Å². The summed E-state index contributed by atoms with van der Waals surface area (Å²) in [6.45, 7) is 3.56. The molecule has 2 fully saturated rings. The molecule has 0 spiro atoms. The van der Waals surface area contributed by atoms with E-state index < -0.39 is 10.0 Å². The van der Waals surface area contributed by atoms with Crippen LogP contribution in [0.25, 0.3) is 0 Å². The molecule has 0 aromatic rings. The smallest absolute Gasteiger partial charge is 0.223 e. The van der Waals surface area contributed by atoms with E-state index in [1.54, 1.807) is 0 Å². The van der Waals surface area contributed by atoms with Gasteiger partial charge in [-0.1, -0.05) is 6.42 Å². The van der Waals surface area contributed by atoms with Gasteiger partial charge in [0.05, 0.1) is 6.26 Å². The average Bonchev–Trinajstić information content (AvgIpc) is 2.81. The van der Waals surface area contributed by atoms with Crippen molar-refractivity contribution in [3.8, 4) is 0 Å². The summed E-state index contributed by atoms with van der Waals surface area (Å²) >= 11 is 0. The van der Waals surface area contributed by atoms with E-state index in [9.17, 15) is 13.2 Å². The summed E-state index contributed by atoms with van der Waals surface area (Å²) in [4.78, 5) is 12.2. The van der Waals surface area contributed by atoms with Gasteiger partial charge in [0.25, 0.3) is 0 Å². The number of rotatable bonds is 5. The Hall–Kier alpha value is -0.660. The molecule has 122 valence electrons. The third kappa shape index (κ3) is 5.23. The molecule has 0 radical (unpaired) electrons. The summed E-state index contributed by atoms with van der Waals surface area (Å²) in [7, 11) is -3.18. The highest BCUT2D eigenvalue weighted by molar-refractivity contribution is 7.88. The molecule has 1 aliphatic carbocycles. The highest BCUT2D eigenvalue weighted by atomic mass is 32.2. The number of sulfonamides is 1. The Morgan fingerprint density at radius 1 is 1.29 bits per heavy atom. The maximum absolute atomic E-state index is 12.2. The third-order valence-electron chi connectivity index (χ3n) is 4.56. The van der Waals surface area contributed by atoms with Crippen LogP contribution in [0.2, 0.25) is 0 Å². The van der Waals surface area contributed by atoms with Crippen molar-refractivity contribution in [2.75, 3.05) is 19.3 Å². The second-order valence-electron chi connectivity index (χ2n) is 6.51. The van der Waals surface area contributed by atoms with E-state index in [1.165, 1.54) is 6.26 Å². The average molecular weight is 317 g/mol. The Bertz CT molecular complexity index is 466. The van der Waals surface area contributed by atoms with Crippen LogP contribution in [-0.2, 0) is 14.8 Å². The number of hydrogen-bond donors (Lipinski definition) is 3. The van der Waals surface area contributed by atoms with Crippen LogP contribution in [0.5, 0.6) is 0 Å². The molecule has 21 heavy (non-hydrogen) atoms. The first-order valence-corrected chi connectivity index (χ1v) is 9.72. The molecule has 7 heteroatoms. The summed E-state index contributed by atoms with van der Waals surface area (Å²) in [5, 5.41) is 6.37. The quantitative estimate of drug-likeness (QED) is 0.676. The fraction of sp³-hybridized carbons (Fsp3) is 0.929. The molecule has 4 atom stereocenters. The molecule has 2 aliphatic rings. The lowest BCUT2D eigenvalue weighted by atomic mass is 9.92. The van der Waals surface area contributed by atoms with Gasteiger partial charge in [-0.2, -0.15) is 0 Å². The second-order valence-corrected chi connectivity index (χ2v) is 8.29. The van der Waals surface area contributed by atoms with Crippen LogP contribution in [0.15, 0.2) is 0 Å². The van der Waals surface area contributed by atoms with Crippen LogP contribution in [0.1, 0.15) is 39.0 Å². The van der Waals surface area contributed by atoms with Crippen molar-refractivity contribution in [3.05, 3.63) is 0 Å². The van der Waals surface area contributed by atoms with Crippen LogP contribution in [0, 0.1) is 11.8 Å². The minimum Gasteiger partial charge on any atom is -0.356 e. The molecule has 1 saturated heterocycles. The molecule has 0 aromatic carbocycles. The zero-order valence-electron chi connectivity index (χ0n) is 12.9. The number of carbonyl (C=O) groups excluding carboxylic acids is 1. The van der Waals surface area contributed by atoms with Crippen LogP contribution in [0.4, 0.5) is 0 Å². The predicted molar refractivity (Wildman–Crippen MR) is 82.3 cm³/mol. The molecule has 1 heterocycles. The zero-order valence-corrected chi connectivity index (χ0v) is 13.7. The summed E-state index contributed by atoms with van der Waals surface area (Å²) in [6, 6.07) is 0.355. The van der Waals surface area contributed by atoms with Crippen molar-refractivity contribution in [2.24, 2.45) is 11.8 Å². The Balaban J connectivity index is 1.80. The fourth-order valence-electron chi connectivity index (χ4n) is 3.46. The van der Waals surface area contributed by atoms with Crippen LogP contribution in [-0.4, -0.2) is 45.8 Å². The van der Waals surface area contributed by atoms with Gasteiger partial charge in [-0.3, -0.25) is 4.79 Å². The van der Waals surface area contributed by atoms with Crippen molar-refractivity contribution in [3.63, 3.8) is 0 Å². The van der Waals surface area contributed by atoms with Crippen LogP contribution < -0.4 is 15.4 Å². The Labute approximate surface area is 127 Å². The van der Waals surface area contributed by atoms with Crippen molar-refractivity contribution in [1.82, 2.24) is 15.4 Å². The van der Waals surface area contributed by atoms with Gasteiger partial charge < -0.3 is 10.6 Å². The Kier molecular flexibility index (Phi) is 5.62. The van der Waals surface area contributed by atoms with Gasteiger partial charge in [-0.25, -0.2) is 13.1 Å². The Morgan fingerprint density at radius 2 is 2.05 bits per heavy atom. The third-order valence-corrected chi connectivity index (χ3v) is 5.29. The van der Waals surface area contributed by atoms with E-state index in [-0.39, 0.29) is 23.8 Å². The zero-order chi connectivity index (χ0) is 15.5. The lowest BCUT2D eigenvalue weighted by Gasteiger charge is -2.28. The van der Waals surface area contributed by atoms with E-state index in [1.807, 2.05) is 0 Å². The van der Waals surface area contributed by atoms with Crippen LogP contribution >= 0.6 is 0 Å². The number of carbonyl (C=O) groups is 1. The highest BCUT2D eigenvalue weighted by Crippen LogP contribution is 2.26. The molecular weight excluding hydrogens is 290 g/mol. The van der Waals surface area contributed by atoms with Gasteiger partial charge in [0.1, 0.15) is 0 Å². The number of piperidine rings is 1. The molecule has 0 aromatic heterocycles. The minimum atomic E-state index is -3.18. The molecule has 1 saturated carbocycles. The van der Waals surface area contributed by atoms with Crippen molar-refractivity contribution < 1.29 is 13.2 Å². The van der Waals surface area contributed by atoms with Gasteiger partial charge >= 0.3 is 0 Å². The fourth-order valence-corrected chi connectivity index (χ4v) is 4.32. The molecule has 2 rings (SSSR count). The number of nitrogens with one attached hydrogen (secondary N) is 3. The van der Waals surface area contributed by atoms with E-state index in [0.717, 1.165) is 38.6 Å². The first kappa shape index (κ1) is 16.7. The number of hydrogen-bond acceptors (Lipinski definition) is 4. The lowest BCUT2D eigenvalue weighted by molar-refractivity contribution is -0.126. The van der Waals surface area contributed by atoms with E-state index in [4.69, 9.17) is 0 Å². The summed E-state index contributed by atoms with van der Waals surface area (Å²) in [5.41, 5.74) is 0. The largest absolute Gasteiger partial charge is 0.356 e. The first-order chi connectivity index (χ1) is 9.85. The maximum atomic E-state index is 12.2. The van der Waals surface area contributed by atoms with Gasteiger partial charge in [0.15, 0.2) is 0 Å². The monoisotopic (exact) mass is 317 g/mol. The summed E-state index contributed by atoms with van der Waals surface area (Å²) in [6.07, 6.45) is 5.79. The van der Waals surface area contributed by atoms with Crippen molar-refractivity contribution in [2.45, 2.75) is 51.1 Å². The summed E-state index contributed by atoms with van der Waals surface area (Å²) < 4.78 is 25.4. The van der Waals surface area contributed by atoms with E-state index in [0.29, 0.717) is 12.6 Å². The standard InChI is InChI=1S/C14H27N3O3S/c1-10-8-11(6-7-15-10)14(18)16-9-12-4-3-5-13(12)17-21(2,19)20/h10-13,15,17H,3-9H2,1-2H3,(H,16,18)/t10-,11-,12?,13?/m0/s1. The van der Waals surface area contributed by atoms with Gasteiger partial charge in [0, 0.05) is 24.5 Å².